The van der Waals surface area contributed by atoms with Gasteiger partial charge in [0, 0.05) is 13.1 Å². The molecule has 1 heterocycles. The van der Waals surface area contributed by atoms with Crippen LogP contribution in [0.1, 0.15) is 24.0 Å². The number of likely N-dealkylation sites (tertiary alicyclic amines) is 1. The predicted octanol–water partition coefficient (Wildman–Crippen LogP) is 2.48. The SMILES string of the molecule is Cc1ccc(OCCCN2CC[C@H](C(=O)O)C2)cc1C. The molecule has 0 radical (unpaired) electrons. The Balaban J connectivity index is 1.67. The fraction of sp³-hybridized carbons (Fsp3) is 0.562. The lowest BCUT2D eigenvalue weighted by Gasteiger charge is -2.15. The zero-order valence-corrected chi connectivity index (χ0v) is 12.3. The van der Waals surface area contributed by atoms with Crippen LogP contribution in [-0.4, -0.2) is 42.2 Å². The molecule has 1 aromatic rings. The third kappa shape index (κ3) is 3.97. The van der Waals surface area contributed by atoms with Gasteiger partial charge in [-0.3, -0.25) is 4.79 Å². The van der Waals surface area contributed by atoms with Gasteiger partial charge in [0.1, 0.15) is 5.75 Å². The van der Waals surface area contributed by atoms with E-state index < -0.39 is 5.97 Å². The number of hydrogen-bond donors (Lipinski definition) is 1. The first-order chi connectivity index (χ1) is 9.56. The van der Waals surface area contributed by atoms with Crippen LogP contribution < -0.4 is 4.74 Å². The lowest BCUT2D eigenvalue weighted by atomic mass is 10.1. The molecule has 1 saturated heterocycles. The van der Waals surface area contributed by atoms with Gasteiger partial charge in [0.15, 0.2) is 0 Å². The van der Waals surface area contributed by atoms with Crippen molar-refractivity contribution in [3.63, 3.8) is 0 Å². The van der Waals surface area contributed by atoms with Gasteiger partial charge < -0.3 is 14.7 Å². The summed E-state index contributed by atoms with van der Waals surface area (Å²) < 4.78 is 5.73. The number of carboxylic acids is 1. The van der Waals surface area contributed by atoms with E-state index in [-0.39, 0.29) is 5.92 Å². The van der Waals surface area contributed by atoms with Gasteiger partial charge in [-0.05, 0) is 56.5 Å². The third-order valence-corrected chi connectivity index (χ3v) is 3.99. The van der Waals surface area contributed by atoms with Gasteiger partial charge >= 0.3 is 5.97 Å². The fourth-order valence-corrected chi connectivity index (χ4v) is 2.52. The Kier molecular flexibility index (Phi) is 5.01. The quantitative estimate of drug-likeness (QED) is 0.812. The largest absolute Gasteiger partial charge is 0.494 e. The lowest BCUT2D eigenvalue weighted by Crippen LogP contribution is -2.25. The van der Waals surface area contributed by atoms with Gasteiger partial charge in [0.05, 0.1) is 12.5 Å². The summed E-state index contributed by atoms with van der Waals surface area (Å²) in [7, 11) is 0. The first-order valence-electron chi connectivity index (χ1n) is 7.21. The van der Waals surface area contributed by atoms with Crippen LogP contribution in [0.2, 0.25) is 0 Å². The summed E-state index contributed by atoms with van der Waals surface area (Å²) in [5.74, 6) is 0.0625. The highest BCUT2D eigenvalue weighted by Gasteiger charge is 2.27. The number of nitrogens with zero attached hydrogens (tertiary/aromatic N) is 1. The second-order valence-electron chi connectivity index (χ2n) is 5.57. The Morgan fingerprint density at radius 2 is 2.20 bits per heavy atom. The zero-order valence-electron chi connectivity index (χ0n) is 12.3. The molecule has 0 amide bonds. The summed E-state index contributed by atoms with van der Waals surface area (Å²) in [6.07, 6.45) is 1.70. The molecular weight excluding hydrogens is 254 g/mol. The summed E-state index contributed by atoms with van der Waals surface area (Å²) >= 11 is 0. The number of hydrogen-bond acceptors (Lipinski definition) is 3. The summed E-state index contributed by atoms with van der Waals surface area (Å²) in [6.45, 7) is 7.33. The third-order valence-electron chi connectivity index (χ3n) is 3.99. The first-order valence-corrected chi connectivity index (χ1v) is 7.21. The smallest absolute Gasteiger partial charge is 0.307 e. The molecule has 1 aromatic carbocycles. The van der Waals surface area contributed by atoms with E-state index in [2.05, 4.69) is 30.9 Å². The first kappa shape index (κ1) is 14.9. The maximum absolute atomic E-state index is 10.9. The highest BCUT2D eigenvalue weighted by atomic mass is 16.5. The molecule has 110 valence electrons. The second kappa shape index (κ2) is 6.75. The zero-order chi connectivity index (χ0) is 14.5. The van der Waals surface area contributed by atoms with Gasteiger partial charge in [0.25, 0.3) is 0 Å². The van der Waals surface area contributed by atoms with Crippen molar-refractivity contribution in [2.45, 2.75) is 26.7 Å². The minimum Gasteiger partial charge on any atom is -0.494 e. The van der Waals surface area contributed by atoms with Crippen LogP contribution >= 0.6 is 0 Å². The molecule has 0 unspecified atom stereocenters. The molecule has 0 spiro atoms. The topological polar surface area (TPSA) is 49.8 Å². The second-order valence-corrected chi connectivity index (χ2v) is 5.57. The van der Waals surface area contributed by atoms with E-state index in [9.17, 15) is 4.79 Å². The molecule has 4 nitrogen and oxygen atoms in total. The Labute approximate surface area is 120 Å². The molecule has 1 aliphatic rings. The number of benzene rings is 1. The Morgan fingerprint density at radius 3 is 2.85 bits per heavy atom. The van der Waals surface area contributed by atoms with Crippen molar-refractivity contribution >= 4 is 5.97 Å². The molecule has 1 fully saturated rings. The number of carboxylic acid groups (broad SMARTS) is 1. The van der Waals surface area contributed by atoms with Crippen molar-refractivity contribution < 1.29 is 14.6 Å². The van der Waals surface area contributed by atoms with Gasteiger partial charge in [0.2, 0.25) is 0 Å². The van der Waals surface area contributed by atoms with Crippen LogP contribution in [0.3, 0.4) is 0 Å². The maximum atomic E-state index is 10.9. The summed E-state index contributed by atoms with van der Waals surface area (Å²) in [5.41, 5.74) is 2.51. The number of ether oxygens (including phenoxy) is 1. The molecule has 1 atom stereocenters. The summed E-state index contributed by atoms with van der Waals surface area (Å²) in [4.78, 5) is 13.1. The molecule has 4 heteroatoms. The monoisotopic (exact) mass is 277 g/mol. The standard InChI is InChI=1S/C16H23NO3/c1-12-4-5-15(10-13(12)2)20-9-3-7-17-8-6-14(11-17)16(18)19/h4-5,10,14H,3,6-9,11H2,1-2H3,(H,18,19)/t14-/m0/s1. The molecule has 0 aromatic heterocycles. The Bertz CT molecular complexity index is 473. The van der Waals surface area contributed by atoms with E-state index in [0.717, 1.165) is 31.7 Å². The van der Waals surface area contributed by atoms with Crippen molar-refractivity contribution in [2.75, 3.05) is 26.2 Å². The van der Waals surface area contributed by atoms with E-state index in [4.69, 9.17) is 9.84 Å². The van der Waals surface area contributed by atoms with Crippen LogP contribution in [0.5, 0.6) is 5.75 Å². The Hall–Kier alpha value is -1.55. The molecule has 1 aliphatic heterocycles. The molecule has 2 rings (SSSR count). The van der Waals surface area contributed by atoms with Crippen molar-refractivity contribution in [1.82, 2.24) is 4.90 Å². The van der Waals surface area contributed by atoms with Gasteiger partial charge in [-0.2, -0.15) is 0 Å². The van der Waals surface area contributed by atoms with E-state index in [0.29, 0.717) is 13.2 Å². The van der Waals surface area contributed by atoms with Crippen molar-refractivity contribution in [1.29, 1.82) is 0 Å². The number of rotatable bonds is 6. The minimum atomic E-state index is -0.668. The van der Waals surface area contributed by atoms with Crippen molar-refractivity contribution in [3.8, 4) is 5.75 Å². The number of carbonyl (C=O) groups is 1. The maximum Gasteiger partial charge on any atom is 0.307 e. The molecular formula is C16H23NO3. The van der Waals surface area contributed by atoms with Crippen LogP contribution in [0.25, 0.3) is 0 Å². The molecule has 1 N–H and O–H groups in total. The van der Waals surface area contributed by atoms with Crippen molar-refractivity contribution in [2.24, 2.45) is 5.92 Å². The van der Waals surface area contributed by atoms with Crippen LogP contribution in [0, 0.1) is 19.8 Å². The summed E-state index contributed by atoms with van der Waals surface area (Å²) in [5, 5.41) is 8.95. The van der Waals surface area contributed by atoms with Crippen LogP contribution in [0.15, 0.2) is 18.2 Å². The highest BCUT2D eigenvalue weighted by molar-refractivity contribution is 5.70. The average Bonchev–Trinajstić information content (AvgIpc) is 2.88. The van der Waals surface area contributed by atoms with Crippen molar-refractivity contribution in [3.05, 3.63) is 29.3 Å². The van der Waals surface area contributed by atoms with E-state index in [1.54, 1.807) is 0 Å². The number of aryl methyl sites for hydroxylation is 2. The fourth-order valence-electron chi connectivity index (χ4n) is 2.52. The molecule has 20 heavy (non-hydrogen) atoms. The highest BCUT2D eigenvalue weighted by Crippen LogP contribution is 2.18. The Morgan fingerprint density at radius 1 is 1.40 bits per heavy atom. The minimum absolute atomic E-state index is 0.185. The van der Waals surface area contributed by atoms with Crippen LogP contribution in [0.4, 0.5) is 0 Å². The molecule has 0 aliphatic carbocycles. The van der Waals surface area contributed by atoms with Gasteiger partial charge in [-0.25, -0.2) is 0 Å². The molecule has 0 saturated carbocycles. The predicted molar refractivity (Wildman–Crippen MR) is 78.2 cm³/mol. The molecule has 0 bridgehead atoms. The average molecular weight is 277 g/mol. The summed E-state index contributed by atoms with van der Waals surface area (Å²) in [6, 6.07) is 6.13. The van der Waals surface area contributed by atoms with E-state index >= 15 is 0 Å². The lowest BCUT2D eigenvalue weighted by molar-refractivity contribution is -0.141. The van der Waals surface area contributed by atoms with E-state index in [1.807, 2.05) is 6.07 Å². The number of aliphatic carboxylic acids is 1. The van der Waals surface area contributed by atoms with Crippen LogP contribution in [-0.2, 0) is 4.79 Å². The van der Waals surface area contributed by atoms with E-state index in [1.165, 1.54) is 11.1 Å². The normalized spacial score (nSPS) is 19.2. The van der Waals surface area contributed by atoms with Gasteiger partial charge in [-0.1, -0.05) is 6.07 Å². The van der Waals surface area contributed by atoms with Gasteiger partial charge in [-0.15, -0.1) is 0 Å².